The van der Waals surface area contributed by atoms with Crippen LogP contribution in [0.4, 0.5) is 10.3 Å². The van der Waals surface area contributed by atoms with Gasteiger partial charge in [-0.2, -0.15) is 0 Å². The second-order valence-electron chi connectivity index (χ2n) is 4.86. The van der Waals surface area contributed by atoms with Gasteiger partial charge in [0.15, 0.2) is 0 Å². The number of rotatable bonds is 2. The van der Waals surface area contributed by atoms with Gasteiger partial charge in [0, 0.05) is 19.7 Å². The third-order valence-electron chi connectivity index (χ3n) is 3.51. The Morgan fingerprint density at radius 3 is 3.22 bits per heavy atom. The predicted molar refractivity (Wildman–Crippen MR) is 68.1 cm³/mol. The fourth-order valence-corrected chi connectivity index (χ4v) is 2.52. The Kier molecular flexibility index (Phi) is 2.91. The maximum absolute atomic E-state index is 13.1. The third-order valence-corrected chi connectivity index (χ3v) is 3.51. The number of anilines is 1. The van der Waals surface area contributed by atoms with E-state index in [4.69, 9.17) is 0 Å². The largest absolute Gasteiger partial charge is 0.396 e. The molecule has 1 fully saturated rings. The molecule has 5 heteroatoms. The van der Waals surface area contributed by atoms with Crippen LogP contribution >= 0.6 is 0 Å². The molecule has 1 saturated heterocycles. The minimum Gasteiger partial charge on any atom is -0.396 e. The summed E-state index contributed by atoms with van der Waals surface area (Å²) in [5.74, 6) is 0.821. The van der Waals surface area contributed by atoms with Crippen molar-refractivity contribution in [3.63, 3.8) is 0 Å². The van der Waals surface area contributed by atoms with Crippen molar-refractivity contribution < 1.29 is 9.50 Å². The van der Waals surface area contributed by atoms with Gasteiger partial charge in [0.1, 0.15) is 5.82 Å². The van der Waals surface area contributed by atoms with Crippen LogP contribution in [0.2, 0.25) is 0 Å². The van der Waals surface area contributed by atoms with E-state index in [1.54, 1.807) is 6.07 Å². The number of nitrogens with zero attached hydrogens (tertiary/aromatic N) is 2. The summed E-state index contributed by atoms with van der Waals surface area (Å²) >= 11 is 0. The first-order valence-corrected chi connectivity index (χ1v) is 6.27. The molecule has 2 N–H and O–H groups in total. The summed E-state index contributed by atoms with van der Waals surface area (Å²) in [6.07, 6.45) is 2.11. The zero-order valence-electron chi connectivity index (χ0n) is 10.1. The number of aromatic nitrogens is 2. The first-order valence-electron chi connectivity index (χ1n) is 6.27. The summed E-state index contributed by atoms with van der Waals surface area (Å²) in [4.78, 5) is 9.74. The van der Waals surface area contributed by atoms with Crippen LogP contribution in [0.3, 0.4) is 0 Å². The normalized spacial score (nSPS) is 20.6. The molecule has 2 heterocycles. The number of hydrogen-bond donors (Lipinski definition) is 2. The summed E-state index contributed by atoms with van der Waals surface area (Å²) < 4.78 is 13.1. The second kappa shape index (κ2) is 4.57. The quantitative estimate of drug-likeness (QED) is 0.854. The van der Waals surface area contributed by atoms with Gasteiger partial charge in [-0.1, -0.05) is 0 Å². The van der Waals surface area contributed by atoms with Crippen molar-refractivity contribution in [2.75, 3.05) is 24.6 Å². The standard InChI is InChI=1S/C13H16FN3O/c14-10-3-4-11-12(6-10)16-13(15-11)17-5-1-2-9(7-17)8-18/h3-4,6,9,18H,1-2,5,7-8H2,(H,15,16). The van der Waals surface area contributed by atoms with Crippen molar-refractivity contribution in [1.82, 2.24) is 9.97 Å². The molecule has 0 aliphatic carbocycles. The fourth-order valence-electron chi connectivity index (χ4n) is 2.52. The smallest absolute Gasteiger partial charge is 0.203 e. The zero-order valence-corrected chi connectivity index (χ0v) is 10.1. The molecule has 4 nitrogen and oxygen atoms in total. The van der Waals surface area contributed by atoms with Crippen LogP contribution < -0.4 is 4.90 Å². The highest BCUT2D eigenvalue weighted by atomic mass is 19.1. The van der Waals surface area contributed by atoms with Gasteiger partial charge >= 0.3 is 0 Å². The summed E-state index contributed by atoms with van der Waals surface area (Å²) in [5, 5.41) is 9.23. The van der Waals surface area contributed by atoms with Gasteiger partial charge < -0.3 is 15.0 Å². The van der Waals surface area contributed by atoms with Crippen LogP contribution in [0.1, 0.15) is 12.8 Å². The molecule has 0 radical (unpaired) electrons. The number of aliphatic hydroxyl groups is 1. The molecule has 1 aliphatic rings. The molecular formula is C13H16FN3O. The lowest BCUT2D eigenvalue weighted by molar-refractivity contribution is 0.208. The molecule has 1 aromatic heterocycles. The molecule has 0 bridgehead atoms. The zero-order chi connectivity index (χ0) is 12.5. The molecule has 0 spiro atoms. The number of nitrogens with one attached hydrogen (secondary N) is 1. The van der Waals surface area contributed by atoms with Gasteiger partial charge in [0.2, 0.25) is 5.95 Å². The Hall–Kier alpha value is -1.62. The van der Waals surface area contributed by atoms with Crippen molar-refractivity contribution in [1.29, 1.82) is 0 Å². The molecule has 0 saturated carbocycles. The van der Waals surface area contributed by atoms with Crippen molar-refractivity contribution in [2.45, 2.75) is 12.8 Å². The highest BCUT2D eigenvalue weighted by molar-refractivity contribution is 5.77. The number of H-pyrrole nitrogens is 1. The molecule has 1 aromatic carbocycles. The van der Waals surface area contributed by atoms with Crippen molar-refractivity contribution >= 4 is 17.0 Å². The Morgan fingerprint density at radius 1 is 1.50 bits per heavy atom. The summed E-state index contributed by atoms with van der Waals surface area (Å²) in [6.45, 7) is 1.95. The number of imidazole rings is 1. The summed E-state index contributed by atoms with van der Waals surface area (Å²) in [6, 6.07) is 4.55. The van der Waals surface area contributed by atoms with E-state index in [9.17, 15) is 9.50 Å². The third kappa shape index (κ3) is 2.06. The van der Waals surface area contributed by atoms with Gasteiger partial charge in [-0.25, -0.2) is 9.37 Å². The lowest BCUT2D eigenvalue weighted by Gasteiger charge is -2.31. The van der Waals surface area contributed by atoms with E-state index in [0.717, 1.165) is 42.9 Å². The van der Waals surface area contributed by atoms with Gasteiger partial charge in [-0.3, -0.25) is 0 Å². The molecule has 96 valence electrons. The number of benzene rings is 1. The maximum atomic E-state index is 13.1. The van der Waals surface area contributed by atoms with Gasteiger partial charge in [0.05, 0.1) is 11.0 Å². The van der Waals surface area contributed by atoms with Crippen LogP contribution in [0.25, 0.3) is 11.0 Å². The molecular weight excluding hydrogens is 233 g/mol. The van der Waals surface area contributed by atoms with E-state index in [-0.39, 0.29) is 12.4 Å². The predicted octanol–water partition coefficient (Wildman–Crippen LogP) is 1.91. The van der Waals surface area contributed by atoms with E-state index in [1.165, 1.54) is 12.1 Å². The van der Waals surface area contributed by atoms with E-state index in [1.807, 2.05) is 0 Å². The molecule has 3 rings (SSSR count). The van der Waals surface area contributed by atoms with E-state index < -0.39 is 0 Å². The first kappa shape index (κ1) is 11.5. The van der Waals surface area contributed by atoms with Gasteiger partial charge in [-0.05, 0) is 37.0 Å². The Labute approximate surface area is 104 Å². The monoisotopic (exact) mass is 249 g/mol. The Balaban J connectivity index is 1.89. The molecule has 0 amide bonds. The van der Waals surface area contributed by atoms with Crippen molar-refractivity contribution in [3.05, 3.63) is 24.0 Å². The number of piperidine rings is 1. The molecule has 1 atom stereocenters. The van der Waals surface area contributed by atoms with Crippen LogP contribution in [-0.4, -0.2) is 34.8 Å². The highest BCUT2D eigenvalue weighted by Crippen LogP contribution is 2.23. The van der Waals surface area contributed by atoms with E-state index >= 15 is 0 Å². The van der Waals surface area contributed by atoms with E-state index in [2.05, 4.69) is 14.9 Å². The Morgan fingerprint density at radius 2 is 2.39 bits per heavy atom. The average Bonchev–Trinajstić information content (AvgIpc) is 2.81. The SMILES string of the molecule is OCC1CCCN(c2nc3ccc(F)cc3[nH]2)C1. The topological polar surface area (TPSA) is 52.1 Å². The minimum atomic E-state index is -0.260. The number of aliphatic hydroxyl groups excluding tert-OH is 1. The Bertz CT molecular complexity index is 554. The summed E-state index contributed by atoms with van der Waals surface area (Å²) in [5.41, 5.74) is 1.49. The molecule has 18 heavy (non-hydrogen) atoms. The summed E-state index contributed by atoms with van der Waals surface area (Å²) in [7, 11) is 0. The lowest BCUT2D eigenvalue weighted by atomic mass is 9.99. The van der Waals surface area contributed by atoms with Crippen LogP contribution in [0.5, 0.6) is 0 Å². The van der Waals surface area contributed by atoms with Crippen molar-refractivity contribution in [2.24, 2.45) is 5.92 Å². The van der Waals surface area contributed by atoms with Crippen LogP contribution in [0.15, 0.2) is 18.2 Å². The van der Waals surface area contributed by atoms with Gasteiger partial charge in [-0.15, -0.1) is 0 Å². The van der Waals surface area contributed by atoms with Crippen LogP contribution in [0, 0.1) is 11.7 Å². The number of fused-ring (bicyclic) bond motifs is 1. The minimum absolute atomic E-state index is 0.214. The maximum Gasteiger partial charge on any atom is 0.203 e. The second-order valence-corrected chi connectivity index (χ2v) is 4.86. The average molecular weight is 249 g/mol. The number of aromatic amines is 1. The number of hydrogen-bond acceptors (Lipinski definition) is 3. The lowest BCUT2D eigenvalue weighted by Crippen LogP contribution is -2.37. The first-order chi connectivity index (χ1) is 8.76. The van der Waals surface area contributed by atoms with Crippen molar-refractivity contribution in [3.8, 4) is 0 Å². The number of halogens is 1. The van der Waals surface area contributed by atoms with Crippen LogP contribution in [-0.2, 0) is 0 Å². The molecule has 1 unspecified atom stereocenters. The fraction of sp³-hybridized carbons (Fsp3) is 0.462. The molecule has 1 aliphatic heterocycles. The van der Waals surface area contributed by atoms with Gasteiger partial charge in [0.25, 0.3) is 0 Å². The van der Waals surface area contributed by atoms with E-state index in [0.29, 0.717) is 5.92 Å². The molecule has 2 aromatic rings. The highest BCUT2D eigenvalue weighted by Gasteiger charge is 2.21.